The first-order chi connectivity index (χ1) is 8.97. The van der Waals surface area contributed by atoms with Gasteiger partial charge in [-0.3, -0.25) is 0 Å². The lowest BCUT2D eigenvalue weighted by atomic mass is 10.1. The van der Waals surface area contributed by atoms with Crippen LogP contribution >= 0.6 is 0 Å². The third kappa shape index (κ3) is 4.76. The Morgan fingerprint density at radius 3 is 2.53 bits per heavy atom. The van der Waals surface area contributed by atoms with Crippen molar-refractivity contribution in [2.45, 2.75) is 25.3 Å². The number of para-hydroxylation sites is 1. The van der Waals surface area contributed by atoms with Crippen molar-refractivity contribution in [1.82, 2.24) is 4.65 Å². The molecule has 0 amide bonds. The molecule has 0 radical (unpaired) electrons. The Hall–Kier alpha value is -1.79. The van der Waals surface area contributed by atoms with Gasteiger partial charge in [-0.1, -0.05) is 23.4 Å². The fraction of sp³-hybridized carbons (Fsp3) is 0.462. The van der Waals surface area contributed by atoms with Gasteiger partial charge in [0.05, 0.1) is 13.6 Å². The number of benzene rings is 1. The highest BCUT2D eigenvalue weighted by Crippen LogP contribution is 2.20. The smallest absolute Gasteiger partial charge is 0.332 e. The Balaban J connectivity index is 2.40. The molecule has 0 bridgehead atoms. The van der Waals surface area contributed by atoms with Crippen LogP contribution in [0, 0.1) is 10.1 Å². The van der Waals surface area contributed by atoms with E-state index in [1.54, 1.807) is 31.3 Å². The summed E-state index contributed by atoms with van der Waals surface area (Å²) in [6.07, 6.45) is 1.22. The lowest BCUT2D eigenvalue weighted by molar-refractivity contribution is -0.138. The largest absolute Gasteiger partial charge is 0.628 e. The number of carboxylic acid groups (broad SMARTS) is 1. The molecular weight excluding hydrogens is 248 g/mol. The summed E-state index contributed by atoms with van der Waals surface area (Å²) in [5, 5.41) is 23.5. The predicted molar refractivity (Wildman–Crippen MR) is 73.5 cm³/mol. The zero-order valence-corrected chi connectivity index (χ0v) is 10.9. The zero-order chi connectivity index (χ0) is 14.3. The number of nitroso groups, excluding NO2 is 1. The number of rotatable bonds is 8. The van der Waals surface area contributed by atoms with Gasteiger partial charge in [-0.25, -0.2) is 4.79 Å². The van der Waals surface area contributed by atoms with Crippen molar-refractivity contribution in [1.29, 1.82) is 0 Å². The Kier molecular flexibility index (Phi) is 5.59. The fourth-order valence-corrected chi connectivity index (χ4v) is 1.84. The van der Waals surface area contributed by atoms with Gasteiger partial charge in [-0.15, -0.1) is 4.91 Å². The maximum atomic E-state index is 12.3. The Morgan fingerprint density at radius 2 is 2.00 bits per heavy atom. The van der Waals surface area contributed by atoms with E-state index in [2.05, 4.69) is 5.18 Å². The van der Waals surface area contributed by atoms with Crippen LogP contribution in [0.25, 0.3) is 0 Å². The molecule has 0 spiro atoms. The fourth-order valence-electron chi connectivity index (χ4n) is 1.84. The molecule has 1 N–H and O–H groups in total. The van der Waals surface area contributed by atoms with Gasteiger partial charge in [0.25, 0.3) is 0 Å². The van der Waals surface area contributed by atoms with E-state index in [4.69, 9.17) is 5.11 Å². The molecule has 0 aliphatic carbocycles. The molecule has 0 fully saturated rings. The molecule has 2 atom stereocenters. The minimum absolute atomic E-state index is 0.174. The standard InChI is InChI=1S/C13H18N2O4/c1-15(19,11-7-3-2-4-8-11)10-6-5-9-12(14-18)13(16)17/h2-4,7-8,12H,5-6,9-10H2,1H3,(H,16,17)/t12-,15?/m0/s1. The van der Waals surface area contributed by atoms with Gasteiger partial charge in [-0.05, 0) is 31.4 Å². The van der Waals surface area contributed by atoms with E-state index in [0.29, 0.717) is 25.1 Å². The highest BCUT2D eigenvalue weighted by Gasteiger charge is 2.18. The number of hydrogen-bond donors (Lipinski definition) is 1. The van der Waals surface area contributed by atoms with Crippen molar-refractivity contribution in [2.75, 3.05) is 13.6 Å². The minimum atomic E-state index is -1.21. The molecule has 6 nitrogen and oxygen atoms in total. The zero-order valence-electron chi connectivity index (χ0n) is 10.9. The van der Waals surface area contributed by atoms with Crippen LogP contribution in [0.15, 0.2) is 35.5 Å². The number of hydroxylamine groups is 2. The topological polar surface area (TPSA) is 89.8 Å². The third-order valence-electron chi connectivity index (χ3n) is 3.03. The summed E-state index contributed by atoms with van der Waals surface area (Å²) in [6.45, 7) is 0.342. The van der Waals surface area contributed by atoms with Crippen LogP contribution in [-0.4, -0.2) is 30.7 Å². The summed E-state index contributed by atoms with van der Waals surface area (Å²) in [4.78, 5) is 20.8. The van der Waals surface area contributed by atoms with E-state index in [9.17, 15) is 14.9 Å². The normalized spacial score (nSPS) is 15.5. The second kappa shape index (κ2) is 6.96. The first-order valence-electron chi connectivity index (χ1n) is 6.15. The Morgan fingerprint density at radius 1 is 1.37 bits per heavy atom. The highest BCUT2D eigenvalue weighted by molar-refractivity contribution is 5.73. The van der Waals surface area contributed by atoms with Crippen molar-refractivity contribution in [3.05, 3.63) is 40.4 Å². The van der Waals surface area contributed by atoms with Crippen LogP contribution in [0.5, 0.6) is 0 Å². The Bertz CT molecular complexity index is 420. The van der Waals surface area contributed by atoms with Gasteiger partial charge in [0.2, 0.25) is 0 Å². The molecule has 1 rings (SSSR count). The third-order valence-corrected chi connectivity index (χ3v) is 3.03. The van der Waals surface area contributed by atoms with Crippen LogP contribution in [0.3, 0.4) is 0 Å². The number of aliphatic carboxylic acids is 1. The van der Waals surface area contributed by atoms with E-state index in [1.807, 2.05) is 6.07 Å². The second-order valence-corrected chi connectivity index (χ2v) is 4.62. The second-order valence-electron chi connectivity index (χ2n) is 4.62. The number of unbranched alkanes of at least 4 members (excludes halogenated alkanes) is 1. The van der Waals surface area contributed by atoms with Crippen molar-refractivity contribution in [2.24, 2.45) is 5.18 Å². The summed E-state index contributed by atoms with van der Waals surface area (Å²) in [5.41, 5.74) is 0.658. The summed E-state index contributed by atoms with van der Waals surface area (Å²) in [5.74, 6) is -1.21. The van der Waals surface area contributed by atoms with Crippen LogP contribution in [0.2, 0.25) is 0 Å². The van der Waals surface area contributed by atoms with Gasteiger partial charge >= 0.3 is 5.97 Å². The average molecular weight is 266 g/mol. The van der Waals surface area contributed by atoms with E-state index in [1.165, 1.54) is 0 Å². The molecule has 0 aliphatic heterocycles. The van der Waals surface area contributed by atoms with E-state index >= 15 is 0 Å². The van der Waals surface area contributed by atoms with Crippen LogP contribution in [0.1, 0.15) is 19.3 Å². The van der Waals surface area contributed by atoms with Crippen LogP contribution < -0.4 is 4.65 Å². The molecule has 0 saturated heterocycles. The summed E-state index contributed by atoms with van der Waals surface area (Å²) < 4.78 is -0.507. The predicted octanol–water partition coefficient (Wildman–Crippen LogP) is 2.51. The lowest BCUT2D eigenvalue weighted by Gasteiger charge is -2.38. The molecule has 1 unspecified atom stereocenters. The van der Waals surface area contributed by atoms with Crippen molar-refractivity contribution in [3.63, 3.8) is 0 Å². The summed E-state index contributed by atoms with van der Waals surface area (Å²) in [7, 11) is 1.56. The van der Waals surface area contributed by atoms with Gasteiger partial charge < -0.3 is 15.0 Å². The number of quaternary nitrogens is 1. The van der Waals surface area contributed by atoms with Gasteiger partial charge in [-0.2, -0.15) is 0 Å². The number of hydrogen-bond acceptors (Lipinski definition) is 4. The van der Waals surface area contributed by atoms with Crippen molar-refractivity contribution < 1.29 is 9.90 Å². The molecule has 104 valence electrons. The maximum absolute atomic E-state index is 12.3. The quantitative estimate of drug-likeness (QED) is 0.339. The molecule has 1 aromatic carbocycles. The molecule has 0 aliphatic rings. The summed E-state index contributed by atoms with van der Waals surface area (Å²) in [6, 6.07) is 7.78. The average Bonchev–Trinajstić information content (AvgIpc) is 2.39. The monoisotopic (exact) mass is 266 g/mol. The van der Waals surface area contributed by atoms with E-state index < -0.39 is 16.7 Å². The van der Waals surface area contributed by atoms with Gasteiger partial charge in [0.15, 0.2) is 6.04 Å². The first-order valence-corrected chi connectivity index (χ1v) is 6.15. The number of nitrogens with zero attached hydrogens (tertiary/aromatic N) is 2. The van der Waals surface area contributed by atoms with E-state index in [-0.39, 0.29) is 6.42 Å². The van der Waals surface area contributed by atoms with Gasteiger partial charge in [0, 0.05) is 0 Å². The van der Waals surface area contributed by atoms with Crippen molar-refractivity contribution >= 4 is 11.7 Å². The molecule has 6 heteroatoms. The molecule has 19 heavy (non-hydrogen) atoms. The number of carboxylic acids is 1. The van der Waals surface area contributed by atoms with Crippen molar-refractivity contribution in [3.8, 4) is 0 Å². The van der Waals surface area contributed by atoms with Gasteiger partial charge in [0.1, 0.15) is 5.69 Å². The van der Waals surface area contributed by atoms with E-state index in [0.717, 1.165) is 0 Å². The summed E-state index contributed by atoms with van der Waals surface area (Å²) >= 11 is 0. The van der Waals surface area contributed by atoms with Crippen LogP contribution in [0.4, 0.5) is 5.69 Å². The molecule has 0 heterocycles. The molecule has 1 aromatic rings. The maximum Gasteiger partial charge on any atom is 0.332 e. The molecular formula is C13H18N2O4. The molecule has 0 saturated carbocycles. The highest BCUT2D eigenvalue weighted by atomic mass is 16.5. The minimum Gasteiger partial charge on any atom is -0.628 e. The van der Waals surface area contributed by atoms with Crippen LogP contribution in [-0.2, 0) is 4.79 Å². The SMILES string of the molecule is C[N+]([O-])(CCCC[C@H](N=O)C(=O)O)c1ccccc1. The number of carbonyl (C=O) groups is 1. The Labute approximate surface area is 111 Å². The first kappa shape index (κ1) is 15.3. The molecule has 0 aromatic heterocycles. The lowest BCUT2D eigenvalue weighted by Crippen LogP contribution is -2.39.